The molecular formula is C12H17N5. The average Bonchev–Trinajstić information content (AvgIpc) is 2.94. The van der Waals surface area contributed by atoms with E-state index in [0.29, 0.717) is 6.04 Å². The minimum absolute atomic E-state index is 0.368. The second kappa shape index (κ2) is 4.00. The molecule has 0 saturated carbocycles. The fourth-order valence-electron chi connectivity index (χ4n) is 2.33. The first kappa shape index (κ1) is 10.5. The number of nitrogens with one attached hydrogen (secondary N) is 1. The largest absolute Gasteiger partial charge is 0.324 e. The third-order valence-corrected chi connectivity index (χ3v) is 3.16. The molecule has 5 heteroatoms. The topological polar surface area (TPSA) is 47.7 Å². The van der Waals surface area contributed by atoms with E-state index in [1.165, 1.54) is 5.69 Å². The van der Waals surface area contributed by atoms with Gasteiger partial charge in [0.05, 0.1) is 24.1 Å². The van der Waals surface area contributed by atoms with E-state index in [9.17, 15) is 0 Å². The van der Waals surface area contributed by atoms with Crippen molar-refractivity contribution in [3.05, 3.63) is 24.3 Å². The van der Waals surface area contributed by atoms with E-state index in [-0.39, 0.29) is 0 Å². The number of fused-ring (bicyclic) bond motifs is 1. The Hall–Kier alpha value is -1.62. The van der Waals surface area contributed by atoms with E-state index in [1.807, 2.05) is 17.1 Å². The van der Waals surface area contributed by atoms with Gasteiger partial charge in [0, 0.05) is 25.3 Å². The van der Waals surface area contributed by atoms with Gasteiger partial charge in [-0.3, -0.25) is 4.68 Å². The average molecular weight is 231 g/mol. The molecule has 0 bridgehead atoms. The summed E-state index contributed by atoms with van der Waals surface area (Å²) in [4.78, 5) is 4.47. The molecule has 0 unspecified atom stereocenters. The number of rotatable bonds is 2. The summed E-state index contributed by atoms with van der Waals surface area (Å²) < 4.78 is 4.33. The van der Waals surface area contributed by atoms with Gasteiger partial charge >= 0.3 is 0 Å². The maximum Gasteiger partial charge on any atom is 0.123 e. The van der Waals surface area contributed by atoms with Gasteiger partial charge in [-0.1, -0.05) is 0 Å². The minimum Gasteiger partial charge on any atom is -0.324 e. The zero-order chi connectivity index (χ0) is 11.8. The number of imidazole rings is 1. The Bertz CT molecular complexity index is 523. The first-order valence-corrected chi connectivity index (χ1v) is 6.06. The molecule has 0 aromatic carbocycles. The van der Waals surface area contributed by atoms with Gasteiger partial charge in [-0.25, -0.2) is 4.98 Å². The minimum atomic E-state index is 0.368. The second-order valence-corrected chi connectivity index (χ2v) is 4.64. The summed E-state index contributed by atoms with van der Waals surface area (Å²) in [6, 6.07) is 2.43. The molecule has 17 heavy (non-hydrogen) atoms. The van der Waals surface area contributed by atoms with Gasteiger partial charge in [-0.2, -0.15) is 5.10 Å². The molecule has 1 aliphatic rings. The van der Waals surface area contributed by atoms with E-state index < -0.39 is 0 Å². The van der Waals surface area contributed by atoms with Crippen LogP contribution in [-0.2, 0) is 13.1 Å². The molecule has 0 spiro atoms. The Balaban J connectivity index is 2.09. The van der Waals surface area contributed by atoms with E-state index >= 15 is 0 Å². The lowest BCUT2D eigenvalue weighted by molar-refractivity contribution is 0.501. The van der Waals surface area contributed by atoms with Gasteiger partial charge in [-0.15, -0.1) is 0 Å². The lowest BCUT2D eigenvalue weighted by atomic mass is 10.3. The van der Waals surface area contributed by atoms with Crippen molar-refractivity contribution in [3.63, 3.8) is 0 Å². The van der Waals surface area contributed by atoms with Crippen LogP contribution in [0.15, 0.2) is 18.5 Å². The predicted octanol–water partition coefficient (Wildman–Crippen LogP) is 1.43. The third kappa shape index (κ3) is 1.67. The van der Waals surface area contributed by atoms with Crippen LogP contribution in [0.2, 0.25) is 0 Å². The molecule has 0 amide bonds. The molecule has 1 N–H and O–H groups in total. The molecule has 90 valence electrons. The van der Waals surface area contributed by atoms with Gasteiger partial charge in [-0.05, 0) is 19.9 Å². The zero-order valence-electron chi connectivity index (χ0n) is 10.2. The molecule has 5 nitrogen and oxygen atoms in total. The van der Waals surface area contributed by atoms with Crippen LogP contribution in [0, 0.1) is 0 Å². The summed E-state index contributed by atoms with van der Waals surface area (Å²) in [5.41, 5.74) is 2.33. The molecule has 0 fully saturated rings. The summed E-state index contributed by atoms with van der Waals surface area (Å²) >= 11 is 0. The van der Waals surface area contributed by atoms with Crippen molar-refractivity contribution < 1.29 is 0 Å². The summed E-state index contributed by atoms with van der Waals surface area (Å²) in [6.07, 6.45) is 3.81. The standard InChI is InChI=1S/C12H17N5/c1-9(2)17-10(3-4-15-17)11-7-14-12-8-13-5-6-16(11)12/h3-4,7,9,13H,5-6,8H2,1-2H3. The molecule has 3 heterocycles. The Labute approximate surface area is 100 Å². The molecule has 0 atom stereocenters. The van der Waals surface area contributed by atoms with Gasteiger partial charge in [0.2, 0.25) is 0 Å². The Morgan fingerprint density at radius 2 is 2.24 bits per heavy atom. The molecule has 0 aliphatic carbocycles. The number of hydrogen-bond donors (Lipinski definition) is 1. The van der Waals surface area contributed by atoms with Crippen LogP contribution >= 0.6 is 0 Å². The van der Waals surface area contributed by atoms with Gasteiger partial charge in [0.15, 0.2) is 0 Å². The van der Waals surface area contributed by atoms with Gasteiger partial charge < -0.3 is 9.88 Å². The van der Waals surface area contributed by atoms with Crippen molar-refractivity contribution in [2.24, 2.45) is 0 Å². The van der Waals surface area contributed by atoms with Crippen LogP contribution in [0.5, 0.6) is 0 Å². The fourth-order valence-corrected chi connectivity index (χ4v) is 2.33. The van der Waals surface area contributed by atoms with Crippen molar-refractivity contribution in [1.29, 1.82) is 0 Å². The van der Waals surface area contributed by atoms with Crippen LogP contribution in [0.25, 0.3) is 11.4 Å². The smallest absolute Gasteiger partial charge is 0.123 e. The molecule has 0 saturated heterocycles. The monoisotopic (exact) mass is 231 g/mol. The predicted molar refractivity (Wildman–Crippen MR) is 65.5 cm³/mol. The first-order chi connectivity index (χ1) is 8.27. The van der Waals surface area contributed by atoms with Crippen molar-refractivity contribution in [2.75, 3.05) is 6.54 Å². The van der Waals surface area contributed by atoms with Crippen molar-refractivity contribution >= 4 is 0 Å². The summed E-state index contributed by atoms with van der Waals surface area (Å²) in [5, 5.41) is 7.71. The molecule has 1 aliphatic heterocycles. The Morgan fingerprint density at radius 3 is 3.06 bits per heavy atom. The van der Waals surface area contributed by atoms with E-state index in [1.54, 1.807) is 0 Å². The molecular weight excluding hydrogens is 214 g/mol. The highest BCUT2D eigenvalue weighted by atomic mass is 15.3. The van der Waals surface area contributed by atoms with Crippen molar-refractivity contribution in [3.8, 4) is 11.4 Å². The highest BCUT2D eigenvalue weighted by Crippen LogP contribution is 2.24. The lowest BCUT2D eigenvalue weighted by Gasteiger charge is -2.18. The van der Waals surface area contributed by atoms with Gasteiger partial charge in [0.1, 0.15) is 5.82 Å². The number of hydrogen-bond acceptors (Lipinski definition) is 3. The fraction of sp³-hybridized carbons (Fsp3) is 0.500. The van der Waals surface area contributed by atoms with E-state index in [4.69, 9.17) is 0 Å². The van der Waals surface area contributed by atoms with Crippen molar-refractivity contribution in [1.82, 2.24) is 24.6 Å². The van der Waals surface area contributed by atoms with Gasteiger partial charge in [0.25, 0.3) is 0 Å². The third-order valence-electron chi connectivity index (χ3n) is 3.16. The van der Waals surface area contributed by atoms with E-state index in [0.717, 1.165) is 31.2 Å². The lowest BCUT2D eigenvalue weighted by Crippen LogP contribution is -2.28. The summed E-state index contributed by atoms with van der Waals surface area (Å²) in [7, 11) is 0. The number of nitrogens with zero attached hydrogens (tertiary/aromatic N) is 4. The van der Waals surface area contributed by atoms with Crippen LogP contribution in [0.3, 0.4) is 0 Å². The van der Waals surface area contributed by atoms with Crippen LogP contribution in [0.4, 0.5) is 0 Å². The zero-order valence-corrected chi connectivity index (χ0v) is 10.2. The van der Waals surface area contributed by atoms with Crippen LogP contribution < -0.4 is 5.32 Å². The highest BCUT2D eigenvalue weighted by Gasteiger charge is 2.17. The van der Waals surface area contributed by atoms with Crippen LogP contribution in [0.1, 0.15) is 25.7 Å². The first-order valence-electron chi connectivity index (χ1n) is 6.06. The molecule has 3 rings (SSSR count). The second-order valence-electron chi connectivity index (χ2n) is 4.64. The van der Waals surface area contributed by atoms with E-state index in [2.05, 4.69) is 39.9 Å². The highest BCUT2D eigenvalue weighted by molar-refractivity contribution is 5.55. The quantitative estimate of drug-likeness (QED) is 0.850. The molecule has 2 aromatic heterocycles. The van der Waals surface area contributed by atoms with Crippen molar-refractivity contribution in [2.45, 2.75) is 33.0 Å². The summed E-state index contributed by atoms with van der Waals surface area (Å²) in [6.45, 7) is 7.13. The normalized spacial score (nSPS) is 15.2. The molecule has 0 radical (unpaired) electrons. The van der Waals surface area contributed by atoms with Crippen LogP contribution in [-0.4, -0.2) is 25.9 Å². The maximum absolute atomic E-state index is 4.47. The number of aromatic nitrogens is 4. The SMILES string of the molecule is CC(C)n1nccc1-c1cnc2n1CCNC2. The Morgan fingerprint density at radius 1 is 1.35 bits per heavy atom. The Kier molecular flexibility index (Phi) is 2.48. The molecule has 2 aromatic rings. The maximum atomic E-state index is 4.47. The summed E-state index contributed by atoms with van der Waals surface area (Å²) in [5.74, 6) is 1.11.